The number of hydrogen-bond donors (Lipinski definition) is 0. The van der Waals surface area contributed by atoms with Crippen molar-refractivity contribution in [2.45, 2.75) is 0 Å². The van der Waals surface area contributed by atoms with Gasteiger partial charge in [-0.2, -0.15) is 0 Å². The van der Waals surface area contributed by atoms with Gasteiger partial charge in [0, 0.05) is 43.7 Å². The number of rotatable bonds is 5. The summed E-state index contributed by atoms with van der Waals surface area (Å²) in [6.07, 6.45) is 0. The summed E-state index contributed by atoms with van der Waals surface area (Å²) < 4.78 is 16.2. The molecular weight excluding hydrogens is 743 g/mol. The average molecular weight is 778 g/mol. The van der Waals surface area contributed by atoms with Crippen LogP contribution in [-0.2, 0) is 0 Å². The minimum absolute atomic E-state index is 0.755. The zero-order valence-corrected chi connectivity index (χ0v) is 33.0. The summed E-state index contributed by atoms with van der Waals surface area (Å²) in [5, 5.41) is 10.4. The number of benzene rings is 10. The number of furan rings is 2. The van der Waals surface area contributed by atoms with Crippen LogP contribution in [0.1, 0.15) is 0 Å². The summed E-state index contributed by atoms with van der Waals surface area (Å²) >= 11 is 0. The Balaban J connectivity index is 1.08. The highest BCUT2D eigenvalue weighted by molar-refractivity contribution is 6.27. The largest absolute Gasteiger partial charge is 0.452 e. The van der Waals surface area contributed by atoms with Crippen molar-refractivity contribution in [1.29, 1.82) is 0 Å². The lowest BCUT2D eigenvalue weighted by molar-refractivity contribution is 0.612. The topological polar surface area (TPSA) is 31.2 Å². The Morgan fingerprint density at radius 3 is 1.56 bits per heavy atom. The van der Waals surface area contributed by atoms with Crippen molar-refractivity contribution in [3.05, 3.63) is 212 Å². The van der Waals surface area contributed by atoms with E-state index in [1.165, 1.54) is 60.0 Å². The first-order chi connectivity index (χ1) is 30.3. The number of aromatic nitrogens is 1. The van der Waals surface area contributed by atoms with E-state index in [9.17, 15) is 0 Å². The molecule has 0 aliphatic rings. The van der Waals surface area contributed by atoms with E-state index >= 15 is 0 Å². The Morgan fingerprint density at radius 2 is 0.852 bits per heavy atom. The number of hydrogen-bond acceptors (Lipinski definition) is 2. The fourth-order valence-corrected chi connectivity index (χ4v) is 10.0. The molecule has 61 heavy (non-hydrogen) atoms. The molecule has 13 aromatic rings. The maximum Gasteiger partial charge on any atom is 0.178 e. The molecular formula is C58H35NO2. The van der Waals surface area contributed by atoms with E-state index in [4.69, 9.17) is 8.83 Å². The van der Waals surface area contributed by atoms with Crippen molar-refractivity contribution in [1.82, 2.24) is 4.57 Å². The molecule has 0 saturated carbocycles. The molecule has 0 spiro atoms. The number of para-hydroxylation sites is 2. The summed E-state index contributed by atoms with van der Waals surface area (Å²) in [7, 11) is 0. The van der Waals surface area contributed by atoms with Gasteiger partial charge >= 0.3 is 0 Å². The molecule has 0 unspecified atom stereocenters. The summed E-state index contributed by atoms with van der Waals surface area (Å²) in [6, 6.07) is 76.0. The number of nitrogens with zero attached hydrogens (tertiary/aromatic N) is 1. The van der Waals surface area contributed by atoms with Crippen LogP contribution in [0.5, 0.6) is 0 Å². The summed E-state index contributed by atoms with van der Waals surface area (Å²) in [5.41, 5.74) is 13.8. The van der Waals surface area contributed by atoms with E-state index < -0.39 is 0 Å². The summed E-state index contributed by atoms with van der Waals surface area (Å²) in [5.74, 6) is 0.838. The molecule has 0 aliphatic carbocycles. The molecule has 0 aliphatic heterocycles. The molecule has 0 bridgehead atoms. The van der Waals surface area contributed by atoms with Crippen LogP contribution < -0.4 is 0 Å². The fraction of sp³-hybridized carbons (Fsp3) is 0. The van der Waals surface area contributed by atoms with E-state index in [0.717, 1.165) is 66.6 Å². The minimum atomic E-state index is 0.755. The van der Waals surface area contributed by atoms with E-state index in [2.05, 4.69) is 211 Å². The maximum atomic E-state index is 6.92. The molecule has 0 fully saturated rings. The van der Waals surface area contributed by atoms with Crippen LogP contribution >= 0.6 is 0 Å². The summed E-state index contributed by atoms with van der Waals surface area (Å²) in [4.78, 5) is 0. The molecule has 3 nitrogen and oxygen atoms in total. The normalized spacial score (nSPS) is 11.9. The van der Waals surface area contributed by atoms with Gasteiger partial charge in [0.2, 0.25) is 0 Å². The van der Waals surface area contributed by atoms with Crippen LogP contribution in [0, 0.1) is 0 Å². The molecule has 0 saturated heterocycles. The lowest BCUT2D eigenvalue weighted by Gasteiger charge is -2.18. The van der Waals surface area contributed by atoms with E-state index in [1.807, 2.05) is 6.07 Å². The molecule has 3 aromatic heterocycles. The summed E-state index contributed by atoms with van der Waals surface area (Å²) in [6.45, 7) is 0. The van der Waals surface area contributed by atoms with Crippen molar-refractivity contribution in [2.75, 3.05) is 0 Å². The van der Waals surface area contributed by atoms with Crippen LogP contribution in [0.15, 0.2) is 221 Å². The first-order valence-corrected chi connectivity index (χ1v) is 20.8. The monoisotopic (exact) mass is 777 g/mol. The highest BCUT2D eigenvalue weighted by Crippen LogP contribution is 2.50. The van der Waals surface area contributed by atoms with Crippen molar-refractivity contribution in [3.63, 3.8) is 0 Å². The number of fused-ring (bicyclic) bond motifs is 10. The van der Waals surface area contributed by atoms with Gasteiger partial charge in [-0.1, -0.05) is 170 Å². The van der Waals surface area contributed by atoms with Gasteiger partial charge in [0.1, 0.15) is 11.3 Å². The quantitative estimate of drug-likeness (QED) is 0.163. The van der Waals surface area contributed by atoms with Gasteiger partial charge in [-0.05, 0) is 91.8 Å². The van der Waals surface area contributed by atoms with Crippen LogP contribution in [0.2, 0.25) is 0 Å². The second-order valence-electron chi connectivity index (χ2n) is 15.9. The van der Waals surface area contributed by atoms with Gasteiger partial charge in [-0.15, -0.1) is 0 Å². The highest BCUT2D eigenvalue weighted by Gasteiger charge is 2.25. The minimum Gasteiger partial charge on any atom is -0.452 e. The molecule has 0 N–H and O–H groups in total. The van der Waals surface area contributed by atoms with Gasteiger partial charge in [-0.3, -0.25) is 0 Å². The second kappa shape index (κ2) is 13.2. The molecule has 0 atom stereocenters. The van der Waals surface area contributed by atoms with E-state index in [0.29, 0.717) is 0 Å². The molecule has 284 valence electrons. The van der Waals surface area contributed by atoms with Gasteiger partial charge < -0.3 is 13.4 Å². The third-order valence-corrected chi connectivity index (χ3v) is 12.6. The Kier molecular flexibility index (Phi) is 7.31. The fourth-order valence-electron chi connectivity index (χ4n) is 10.0. The van der Waals surface area contributed by atoms with E-state index in [-0.39, 0.29) is 0 Å². The van der Waals surface area contributed by atoms with Crippen molar-refractivity contribution < 1.29 is 8.83 Å². The van der Waals surface area contributed by atoms with Crippen molar-refractivity contribution in [3.8, 4) is 50.4 Å². The molecule has 3 heteroatoms. The zero-order chi connectivity index (χ0) is 40.0. The maximum absolute atomic E-state index is 6.92. The first-order valence-electron chi connectivity index (χ1n) is 20.8. The standard InChI is InChI=1S/C58H35NO2/c1-4-17-36(18-5-1)53-47-33-34-48-55-46(28-16-30-51(55)60-57(48)58(47)61-56(53)37-19-6-2-7-20-37)54-44-26-12-10-24-42(44)52(43-25-11-13-27-45(43)54)38-31-32-41-40-23-14-15-29-49(40)59(50(41)35-38)39-21-8-3-9-22-39/h1-35H. The van der Waals surface area contributed by atoms with Gasteiger partial charge in [0.05, 0.1) is 11.0 Å². The zero-order valence-electron chi connectivity index (χ0n) is 33.0. The third kappa shape index (κ3) is 4.98. The highest BCUT2D eigenvalue weighted by atomic mass is 16.4. The van der Waals surface area contributed by atoms with Gasteiger partial charge in [-0.25, -0.2) is 0 Å². The molecule has 13 rings (SSSR count). The van der Waals surface area contributed by atoms with E-state index in [1.54, 1.807) is 0 Å². The molecule has 3 heterocycles. The lowest BCUT2D eigenvalue weighted by Crippen LogP contribution is -1.94. The molecule has 0 radical (unpaired) electrons. The predicted molar refractivity (Wildman–Crippen MR) is 255 cm³/mol. The van der Waals surface area contributed by atoms with Crippen LogP contribution in [-0.4, -0.2) is 4.57 Å². The Morgan fingerprint density at radius 1 is 0.311 bits per heavy atom. The van der Waals surface area contributed by atoms with Gasteiger partial charge in [0.15, 0.2) is 11.2 Å². The Bertz CT molecular complexity index is 3800. The molecule has 10 aromatic carbocycles. The Hall–Kier alpha value is -8.14. The van der Waals surface area contributed by atoms with Crippen molar-refractivity contribution in [2.24, 2.45) is 0 Å². The van der Waals surface area contributed by atoms with Crippen molar-refractivity contribution >= 4 is 76.3 Å². The van der Waals surface area contributed by atoms with Crippen LogP contribution in [0.3, 0.4) is 0 Å². The van der Waals surface area contributed by atoms with Crippen LogP contribution in [0.4, 0.5) is 0 Å². The van der Waals surface area contributed by atoms with Crippen LogP contribution in [0.25, 0.3) is 127 Å². The third-order valence-electron chi connectivity index (χ3n) is 12.6. The Labute approximate surface area is 350 Å². The SMILES string of the molecule is c1ccc(-c2oc3c(ccc4c3oc3cccc(-c5c6ccccc6c(-c6ccc7c8ccccc8n(-c8ccccc8)c7c6)c6ccccc56)c34)c2-c2ccccc2)cc1. The first kappa shape index (κ1) is 33.8. The van der Waals surface area contributed by atoms with Gasteiger partial charge in [0.25, 0.3) is 0 Å². The average Bonchev–Trinajstić information content (AvgIpc) is 4.01. The second-order valence-corrected chi connectivity index (χ2v) is 15.9. The molecule has 0 amide bonds. The lowest BCUT2D eigenvalue weighted by atomic mass is 9.85. The predicted octanol–water partition coefficient (Wildman–Crippen LogP) is 16.4. The smallest absolute Gasteiger partial charge is 0.178 e.